The number of benzene rings is 1. The number of ether oxygens (including phenoxy) is 2. The highest BCUT2D eigenvalue weighted by molar-refractivity contribution is 5.97. The number of nitrogens with one attached hydrogen (secondary N) is 1. The molecule has 1 aromatic carbocycles. The quantitative estimate of drug-likeness (QED) is 0.856. The molecule has 0 unspecified atom stereocenters. The van der Waals surface area contributed by atoms with E-state index >= 15 is 0 Å². The van der Waals surface area contributed by atoms with E-state index in [2.05, 4.69) is 9.97 Å². The average molecular weight is 303 g/mol. The second kappa shape index (κ2) is 6.89. The molecule has 1 fully saturated rings. The van der Waals surface area contributed by atoms with E-state index in [4.69, 9.17) is 9.47 Å². The molecule has 1 aliphatic heterocycles. The van der Waals surface area contributed by atoms with Crippen molar-refractivity contribution >= 4 is 16.9 Å². The fourth-order valence-electron chi connectivity index (χ4n) is 2.77. The molecular weight excluding hydrogens is 282 g/mol. The number of methoxy groups -OCH3 is 1. The molecule has 22 heavy (non-hydrogen) atoms. The van der Waals surface area contributed by atoms with Crippen molar-refractivity contribution < 1.29 is 14.3 Å². The maximum Gasteiger partial charge on any atom is 0.253 e. The van der Waals surface area contributed by atoms with Crippen LogP contribution in [0.3, 0.4) is 0 Å². The summed E-state index contributed by atoms with van der Waals surface area (Å²) in [6.07, 6.45) is 3.62. The molecule has 0 spiro atoms. The minimum atomic E-state index is 0.0758. The molecule has 1 aliphatic rings. The van der Waals surface area contributed by atoms with E-state index in [1.54, 1.807) is 13.4 Å². The van der Waals surface area contributed by atoms with Gasteiger partial charge >= 0.3 is 0 Å². The highest BCUT2D eigenvalue weighted by atomic mass is 16.5. The highest BCUT2D eigenvalue weighted by Crippen LogP contribution is 2.18. The number of fused-ring (bicyclic) bond motifs is 1. The lowest BCUT2D eigenvalue weighted by Gasteiger charge is -2.32. The summed E-state index contributed by atoms with van der Waals surface area (Å²) in [4.78, 5) is 21.7. The summed E-state index contributed by atoms with van der Waals surface area (Å²) in [5.74, 6) is 0.0758. The van der Waals surface area contributed by atoms with E-state index in [1.165, 1.54) is 0 Å². The Labute approximate surface area is 129 Å². The Kier molecular flexibility index (Phi) is 4.70. The van der Waals surface area contributed by atoms with Gasteiger partial charge in [-0.15, -0.1) is 0 Å². The predicted octanol–water partition coefficient (Wildman–Crippen LogP) is 1.83. The van der Waals surface area contributed by atoms with Crippen LogP contribution >= 0.6 is 0 Å². The first-order chi connectivity index (χ1) is 10.8. The normalized spacial score (nSPS) is 16.3. The second-order valence-corrected chi connectivity index (χ2v) is 5.49. The standard InChI is InChI=1S/C16H21N3O3/c1-21-8-9-22-13-4-6-19(7-5-13)16(20)12-2-3-14-15(10-12)18-11-17-14/h2-3,10-11,13H,4-9H2,1H3,(H,17,18). The summed E-state index contributed by atoms with van der Waals surface area (Å²) in [5, 5.41) is 0. The molecule has 1 saturated heterocycles. The Hall–Kier alpha value is -1.92. The van der Waals surface area contributed by atoms with Crippen LogP contribution in [0.1, 0.15) is 23.2 Å². The summed E-state index contributed by atoms with van der Waals surface area (Å²) in [6, 6.07) is 5.58. The van der Waals surface area contributed by atoms with Gasteiger partial charge in [0.25, 0.3) is 5.91 Å². The van der Waals surface area contributed by atoms with Gasteiger partial charge in [0.15, 0.2) is 0 Å². The lowest BCUT2D eigenvalue weighted by Crippen LogP contribution is -2.41. The molecule has 0 radical (unpaired) electrons. The highest BCUT2D eigenvalue weighted by Gasteiger charge is 2.24. The number of nitrogens with zero attached hydrogens (tertiary/aromatic N) is 2. The van der Waals surface area contributed by atoms with E-state index in [0.717, 1.165) is 37.0 Å². The topological polar surface area (TPSA) is 67.5 Å². The average Bonchev–Trinajstić information content (AvgIpc) is 3.02. The number of rotatable bonds is 5. The number of aromatic nitrogens is 2. The van der Waals surface area contributed by atoms with Crippen LogP contribution in [-0.4, -0.2) is 60.3 Å². The maximum atomic E-state index is 12.6. The molecule has 0 aliphatic carbocycles. The van der Waals surface area contributed by atoms with Crippen molar-refractivity contribution in [1.29, 1.82) is 0 Å². The van der Waals surface area contributed by atoms with Crippen molar-refractivity contribution in [3.63, 3.8) is 0 Å². The number of carbonyl (C=O) groups excluding carboxylic acids is 1. The van der Waals surface area contributed by atoms with Crippen LogP contribution in [0.4, 0.5) is 0 Å². The lowest BCUT2D eigenvalue weighted by atomic mass is 10.1. The molecule has 6 nitrogen and oxygen atoms in total. The fourth-order valence-corrected chi connectivity index (χ4v) is 2.77. The Balaban J connectivity index is 1.57. The van der Waals surface area contributed by atoms with E-state index in [9.17, 15) is 4.79 Å². The molecule has 118 valence electrons. The van der Waals surface area contributed by atoms with E-state index in [-0.39, 0.29) is 12.0 Å². The van der Waals surface area contributed by atoms with Gasteiger partial charge in [0.05, 0.1) is 36.7 Å². The van der Waals surface area contributed by atoms with E-state index in [0.29, 0.717) is 18.8 Å². The molecule has 3 rings (SSSR count). The van der Waals surface area contributed by atoms with Gasteiger partial charge in [-0.05, 0) is 31.0 Å². The molecule has 2 aromatic rings. The smallest absolute Gasteiger partial charge is 0.253 e. The van der Waals surface area contributed by atoms with Gasteiger partial charge in [-0.1, -0.05) is 0 Å². The number of piperidine rings is 1. The fraction of sp³-hybridized carbons (Fsp3) is 0.500. The number of hydrogen-bond acceptors (Lipinski definition) is 4. The number of hydrogen-bond donors (Lipinski definition) is 1. The first kappa shape index (κ1) is 15.0. The molecule has 2 heterocycles. The molecule has 1 N–H and O–H groups in total. The summed E-state index contributed by atoms with van der Waals surface area (Å²) in [5.41, 5.74) is 2.47. The minimum Gasteiger partial charge on any atom is -0.382 e. The van der Waals surface area contributed by atoms with Crippen molar-refractivity contribution in [2.45, 2.75) is 18.9 Å². The van der Waals surface area contributed by atoms with Gasteiger partial charge < -0.3 is 19.4 Å². The molecular formula is C16H21N3O3. The van der Waals surface area contributed by atoms with Crippen LogP contribution in [0.15, 0.2) is 24.5 Å². The minimum absolute atomic E-state index is 0.0758. The Morgan fingerprint density at radius 3 is 2.95 bits per heavy atom. The zero-order valence-corrected chi connectivity index (χ0v) is 12.7. The summed E-state index contributed by atoms with van der Waals surface area (Å²) in [6.45, 7) is 2.70. The van der Waals surface area contributed by atoms with E-state index < -0.39 is 0 Å². The number of imidazole rings is 1. The third kappa shape index (κ3) is 3.28. The molecule has 0 atom stereocenters. The van der Waals surface area contributed by atoms with Gasteiger partial charge in [0, 0.05) is 25.8 Å². The summed E-state index contributed by atoms with van der Waals surface area (Å²) >= 11 is 0. The predicted molar refractivity (Wildman–Crippen MR) is 82.8 cm³/mol. The van der Waals surface area contributed by atoms with Crippen molar-refractivity contribution in [2.24, 2.45) is 0 Å². The largest absolute Gasteiger partial charge is 0.382 e. The molecule has 1 amide bonds. The first-order valence-electron chi connectivity index (χ1n) is 7.61. The van der Waals surface area contributed by atoms with Crippen LogP contribution in [0.25, 0.3) is 11.0 Å². The molecule has 0 bridgehead atoms. The maximum absolute atomic E-state index is 12.6. The van der Waals surface area contributed by atoms with Crippen molar-refractivity contribution in [3.8, 4) is 0 Å². The zero-order valence-electron chi connectivity index (χ0n) is 12.7. The third-order valence-electron chi connectivity index (χ3n) is 4.04. The number of H-pyrrole nitrogens is 1. The summed E-state index contributed by atoms with van der Waals surface area (Å²) in [7, 11) is 1.67. The van der Waals surface area contributed by atoms with Crippen molar-refractivity contribution in [1.82, 2.24) is 14.9 Å². The number of likely N-dealkylation sites (tertiary alicyclic amines) is 1. The van der Waals surface area contributed by atoms with Crippen LogP contribution < -0.4 is 0 Å². The van der Waals surface area contributed by atoms with E-state index in [1.807, 2.05) is 23.1 Å². The van der Waals surface area contributed by atoms with Gasteiger partial charge in [-0.25, -0.2) is 4.98 Å². The van der Waals surface area contributed by atoms with Crippen molar-refractivity contribution in [2.75, 3.05) is 33.4 Å². The summed E-state index contributed by atoms with van der Waals surface area (Å²) < 4.78 is 10.7. The number of carbonyl (C=O) groups is 1. The zero-order chi connectivity index (χ0) is 15.4. The Bertz CT molecular complexity index is 632. The SMILES string of the molecule is COCCOC1CCN(C(=O)c2ccc3nc[nH]c3c2)CC1. The third-order valence-corrected chi connectivity index (χ3v) is 4.04. The van der Waals surface area contributed by atoms with Crippen molar-refractivity contribution in [3.05, 3.63) is 30.1 Å². The molecule has 1 aromatic heterocycles. The molecule has 0 saturated carbocycles. The van der Waals surface area contributed by atoms with Crippen LogP contribution in [0.2, 0.25) is 0 Å². The second-order valence-electron chi connectivity index (χ2n) is 5.49. The van der Waals surface area contributed by atoms with Gasteiger partial charge in [-0.3, -0.25) is 4.79 Å². The van der Waals surface area contributed by atoms with Crippen LogP contribution in [0, 0.1) is 0 Å². The van der Waals surface area contributed by atoms with Crippen LogP contribution in [0.5, 0.6) is 0 Å². The van der Waals surface area contributed by atoms with Gasteiger partial charge in [0.2, 0.25) is 0 Å². The van der Waals surface area contributed by atoms with Gasteiger partial charge in [-0.2, -0.15) is 0 Å². The first-order valence-corrected chi connectivity index (χ1v) is 7.61. The Morgan fingerprint density at radius 2 is 2.18 bits per heavy atom. The monoisotopic (exact) mass is 303 g/mol. The number of amides is 1. The Morgan fingerprint density at radius 1 is 1.36 bits per heavy atom. The van der Waals surface area contributed by atoms with Gasteiger partial charge in [0.1, 0.15) is 0 Å². The number of aromatic amines is 1. The lowest BCUT2D eigenvalue weighted by molar-refractivity contribution is -0.0122. The van der Waals surface area contributed by atoms with Crippen LogP contribution in [-0.2, 0) is 9.47 Å². The molecule has 6 heteroatoms.